The number of benzene rings is 2. The van der Waals surface area contributed by atoms with Crippen LogP contribution in [0, 0.1) is 12.7 Å². The number of nitrogens with one attached hydrogen (secondary N) is 2. The van der Waals surface area contributed by atoms with Gasteiger partial charge in [-0.1, -0.05) is 24.3 Å². The fourth-order valence-electron chi connectivity index (χ4n) is 4.10. The summed E-state index contributed by atoms with van der Waals surface area (Å²) in [5, 5.41) is 12.0. The van der Waals surface area contributed by atoms with Crippen LogP contribution < -0.4 is 5.32 Å². The number of carboxylic acid groups (broad SMARTS) is 1. The van der Waals surface area contributed by atoms with Gasteiger partial charge in [0.1, 0.15) is 5.82 Å². The highest BCUT2D eigenvalue weighted by molar-refractivity contribution is 6.35. The lowest BCUT2D eigenvalue weighted by Crippen LogP contribution is -2.09. The summed E-state index contributed by atoms with van der Waals surface area (Å²) in [6, 6.07) is 11.5. The Morgan fingerprint density at radius 2 is 1.82 bits per heavy atom. The van der Waals surface area contributed by atoms with Crippen LogP contribution in [0.2, 0.25) is 0 Å². The second kappa shape index (κ2) is 9.35. The normalized spacial score (nSPS) is 13.6. The number of esters is 1. The van der Waals surface area contributed by atoms with Gasteiger partial charge < -0.3 is 20.1 Å². The van der Waals surface area contributed by atoms with E-state index in [1.165, 1.54) is 12.1 Å². The summed E-state index contributed by atoms with van der Waals surface area (Å²) in [5.41, 5.74) is 5.11. The van der Waals surface area contributed by atoms with Crippen molar-refractivity contribution in [2.45, 2.75) is 26.7 Å². The van der Waals surface area contributed by atoms with E-state index >= 15 is 0 Å². The molecule has 0 unspecified atom stereocenters. The molecule has 0 saturated heterocycles. The van der Waals surface area contributed by atoms with Crippen molar-refractivity contribution in [3.8, 4) is 11.1 Å². The number of fused-ring (bicyclic) bond motifs is 1. The largest absolute Gasteiger partial charge is 0.481 e. The fourth-order valence-corrected chi connectivity index (χ4v) is 4.10. The molecule has 1 aliphatic rings. The molecule has 1 aromatic heterocycles. The predicted octanol–water partition coefficient (Wildman–Crippen LogP) is 4.82. The van der Waals surface area contributed by atoms with Crippen LogP contribution in [-0.4, -0.2) is 34.5 Å². The number of aryl methyl sites for hydroxylation is 1. The molecule has 0 aliphatic carbocycles. The van der Waals surface area contributed by atoms with Gasteiger partial charge in [-0.3, -0.25) is 9.59 Å². The zero-order valence-corrected chi connectivity index (χ0v) is 18.7. The monoisotopic (exact) mass is 462 g/mol. The highest BCUT2D eigenvalue weighted by atomic mass is 19.1. The third kappa shape index (κ3) is 4.47. The van der Waals surface area contributed by atoms with Gasteiger partial charge >= 0.3 is 11.9 Å². The molecule has 2 heterocycles. The molecule has 0 fully saturated rings. The van der Waals surface area contributed by atoms with Gasteiger partial charge in [-0.05, 0) is 61.2 Å². The SMILES string of the molecule is CCOC(=O)c1c(C)[nH]c(C=C2C(=O)Nc3cc(-c4ccc(F)cc4)ccc32)c1CCC(=O)O. The average Bonchev–Trinajstić information content (AvgIpc) is 3.28. The Morgan fingerprint density at radius 3 is 2.50 bits per heavy atom. The number of rotatable bonds is 7. The number of anilines is 1. The number of carboxylic acids is 1. The first kappa shape index (κ1) is 23.0. The Kier molecular flexibility index (Phi) is 6.32. The van der Waals surface area contributed by atoms with Crippen LogP contribution in [0.1, 0.15) is 46.2 Å². The van der Waals surface area contributed by atoms with E-state index in [0.29, 0.717) is 39.3 Å². The van der Waals surface area contributed by atoms with Crippen molar-refractivity contribution < 1.29 is 28.6 Å². The topological polar surface area (TPSA) is 108 Å². The minimum absolute atomic E-state index is 0.102. The Morgan fingerprint density at radius 1 is 1.12 bits per heavy atom. The van der Waals surface area contributed by atoms with Gasteiger partial charge in [-0.25, -0.2) is 9.18 Å². The third-order valence-corrected chi connectivity index (χ3v) is 5.66. The summed E-state index contributed by atoms with van der Waals surface area (Å²) < 4.78 is 18.4. The van der Waals surface area contributed by atoms with Crippen molar-refractivity contribution in [3.05, 3.63) is 76.4 Å². The van der Waals surface area contributed by atoms with Crippen LogP contribution in [0.4, 0.5) is 10.1 Å². The second-order valence-corrected chi connectivity index (χ2v) is 7.91. The molecular formula is C26H23FN2O5. The molecule has 0 radical (unpaired) electrons. The van der Waals surface area contributed by atoms with E-state index in [9.17, 15) is 23.9 Å². The minimum atomic E-state index is -0.996. The molecule has 7 nitrogen and oxygen atoms in total. The van der Waals surface area contributed by atoms with E-state index in [1.807, 2.05) is 12.1 Å². The molecular weight excluding hydrogens is 439 g/mol. The lowest BCUT2D eigenvalue weighted by molar-refractivity contribution is -0.137. The van der Waals surface area contributed by atoms with Gasteiger partial charge in [-0.2, -0.15) is 0 Å². The molecule has 1 aliphatic heterocycles. The number of amides is 1. The maximum atomic E-state index is 13.3. The number of hydrogen-bond donors (Lipinski definition) is 3. The molecule has 8 heteroatoms. The quantitative estimate of drug-likeness (QED) is 0.345. The molecule has 2 aromatic carbocycles. The van der Waals surface area contributed by atoms with Crippen LogP contribution in [0.3, 0.4) is 0 Å². The Hall–Kier alpha value is -4.20. The summed E-state index contributed by atoms with van der Waals surface area (Å²) >= 11 is 0. The fraction of sp³-hybridized carbons (Fsp3) is 0.192. The molecule has 4 rings (SSSR count). The number of carbonyl (C=O) groups is 3. The lowest BCUT2D eigenvalue weighted by Gasteiger charge is -2.06. The first-order valence-electron chi connectivity index (χ1n) is 10.8. The van der Waals surface area contributed by atoms with E-state index in [1.54, 1.807) is 38.1 Å². The highest BCUT2D eigenvalue weighted by Crippen LogP contribution is 2.37. The van der Waals surface area contributed by atoms with Crippen molar-refractivity contribution in [2.75, 3.05) is 11.9 Å². The minimum Gasteiger partial charge on any atom is -0.481 e. The van der Waals surface area contributed by atoms with Gasteiger partial charge in [0, 0.05) is 29.1 Å². The molecule has 174 valence electrons. The molecule has 0 saturated carbocycles. The summed E-state index contributed by atoms with van der Waals surface area (Å²) in [6.45, 7) is 3.58. The van der Waals surface area contributed by atoms with Crippen LogP contribution in [0.25, 0.3) is 22.8 Å². The molecule has 1 amide bonds. The van der Waals surface area contributed by atoms with Crippen LogP contribution in [0.5, 0.6) is 0 Å². The van der Waals surface area contributed by atoms with E-state index in [2.05, 4.69) is 10.3 Å². The molecule has 34 heavy (non-hydrogen) atoms. The Labute approximate surface area is 195 Å². The average molecular weight is 462 g/mol. The van der Waals surface area contributed by atoms with Gasteiger partial charge in [-0.15, -0.1) is 0 Å². The number of aromatic amines is 1. The molecule has 3 N–H and O–H groups in total. The van der Waals surface area contributed by atoms with Crippen molar-refractivity contribution in [3.63, 3.8) is 0 Å². The summed E-state index contributed by atoms with van der Waals surface area (Å²) in [7, 11) is 0. The van der Waals surface area contributed by atoms with E-state index < -0.39 is 11.9 Å². The smallest absolute Gasteiger partial charge is 0.340 e. The highest BCUT2D eigenvalue weighted by Gasteiger charge is 2.27. The number of aliphatic carboxylic acids is 1. The number of halogens is 1. The van der Waals surface area contributed by atoms with Crippen molar-refractivity contribution in [2.24, 2.45) is 0 Å². The van der Waals surface area contributed by atoms with Gasteiger partial charge in [0.05, 0.1) is 17.7 Å². The molecule has 3 aromatic rings. The van der Waals surface area contributed by atoms with E-state index in [0.717, 1.165) is 11.1 Å². The van der Waals surface area contributed by atoms with E-state index in [-0.39, 0.29) is 31.2 Å². The maximum absolute atomic E-state index is 13.3. The van der Waals surface area contributed by atoms with Gasteiger partial charge in [0.25, 0.3) is 5.91 Å². The molecule has 0 atom stereocenters. The lowest BCUT2D eigenvalue weighted by atomic mass is 9.98. The van der Waals surface area contributed by atoms with Crippen LogP contribution in [0.15, 0.2) is 42.5 Å². The zero-order chi connectivity index (χ0) is 24.4. The van der Waals surface area contributed by atoms with Crippen molar-refractivity contribution in [1.29, 1.82) is 0 Å². The number of ether oxygens (including phenoxy) is 1. The summed E-state index contributed by atoms with van der Waals surface area (Å²) in [4.78, 5) is 39.6. The standard InChI is InChI=1S/C26H23FN2O5/c1-3-34-26(33)24-14(2)28-22(19(24)10-11-23(30)31)13-20-18-9-6-16(12-21(18)29-25(20)32)15-4-7-17(27)8-5-15/h4-9,12-13,28H,3,10-11H2,1-2H3,(H,29,32)(H,30,31). The Balaban J connectivity index is 1.75. The Bertz CT molecular complexity index is 1320. The van der Waals surface area contributed by atoms with E-state index in [4.69, 9.17) is 4.74 Å². The number of H-pyrrole nitrogens is 1. The van der Waals surface area contributed by atoms with Gasteiger partial charge in [0.15, 0.2) is 0 Å². The van der Waals surface area contributed by atoms with Gasteiger partial charge in [0.2, 0.25) is 0 Å². The predicted molar refractivity (Wildman–Crippen MR) is 126 cm³/mol. The summed E-state index contributed by atoms with van der Waals surface area (Å²) in [6.07, 6.45) is 1.56. The number of aromatic nitrogens is 1. The number of carbonyl (C=O) groups excluding carboxylic acids is 2. The molecule has 0 spiro atoms. The maximum Gasteiger partial charge on any atom is 0.340 e. The van der Waals surface area contributed by atoms with Crippen molar-refractivity contribution >= 4 is 35.2 Å². The zero-order valence-electron chi connectivity index (χ0n) is 18.7. The van der Waals surface area contributed by atoms with Crippen molar-refractivity contribution in [1.82, 2.24) is 4.98 Å². The third-order valence-electron chi connectivity index (χ3n) is 5.66. The van der Waals surface area contributed by atoms with Crippen LogP contribution >= 0.6 is 0 Å². The first-order valence-corrected chi connectivity index (χ1v) is 10.8. The number of hydrogen-bond acceptors (Lipinski definition) is 4. The molecule has 0 bridgehead atoms. The van der Waals surface area contributed by atoms with Crippen LogP contribution in [-0.2, 0) is 20.7 Å². The first-order chi connectivity index (χ1) is 16.3. The second-order valence-electron chi connectivity index (χ2n) is 7.91. The summed E-state index contributed by atoms with van der Waals surface area (Å²) in [5.74, 6) is -2.18.